The second-order valence-electron chi connectivity index (χ2n) is 7.03. The summed E-state index contributed by atoms with van der Waals surface area (Å²) in [6.07, 6.45) is 4.80. The van der Waals surface area contributed by atoms with Gasteiger partial charge in [0.15, 0.2) is 6.29 Å². The minimum Gasteiger partial charge on any atom is -0.349 e. The standard InChI is InChI=1S/C16H28O2/c1-10-7-11(2)14(12(3)8-10)15-17-13(4)9-16(5,6)18-15/h7,11-15H,8-9H2,1-6H3/t11-,12+,13+,14-,15+/m1/s1. The van der Waals surface area contributed by atoms with Gasteiger partial charge in [0.2, 0.25) is 0 Å². The van der Waals surface area contributed by atoms with Crippen LogP contribution >= 0.6 is 0 Å². The summed E-state index contributed by atoms with van der Waals surface area (Å²) in [5.41, 5.74) is 1.45. The SMILES string of the molecule is CC1=C[C@@H](C)[C@@H]([C@H]2O[C@@H](C)CC(C)(C)O2)[C@@H](C)C1. The molecule has 0 aromatic rings. The molecular formula is C16H28O2. The first-order chi connectivity index (χ1) is 8.28. The maximum absolute atomic E-state index is 6.21. The van der Waals surface area contributed by atoms with Crippen LogP contribution in [0, 0.1) is 17.8 Å². The van der Waals surface area contributed by atoms with Gasteiger partial charge in [0.1, 0.15) is 0 Å². The average molecular weight is 252 g/mol. The van der Waals surface area contributed by atoms with Crippen LogP contribution in [0.3, 0.4) is 0 Å². The van der Waals surface area contributed by atoms with E-state index >= 15 is 0 Å². The number of rotatable bonds is 1. The van der Waals surface area contributed by atoms with Crippen molar-refractivity contribution in [2.24, 2.45) is 17.8 Å². The molecule has 2 aliphatic rings. The van der Waals surface area contributed by atoms with Crippen LogP contribution < -0.4 is 0 Å². The van der Waals surface area contributed by atoms with Gasteiger partial charge >= 0.3 is 0 Å². The molecule has 0 bridgehead atoms. The van der Waals surface area contributed by atoms with E-state index in [0.717, 1.165) is 6.42 Å². The first-order valence-electron chi connectivity index (χ1n) is 7.29. The second-order valence-corrected chi connectivity index (χ2v) is 7.03. The molecule has 1 aliphatic carbocycles. The predicted molar refractivity (Wildman–Crippen MR) is 74.3 cm³/mol. The highest BCUT2D eigenvalue weighted by Gasteiger charge is 2.42. The highest BCUT2D eigenvalue weighted by Crippen LogP contribution is 2.41. The van der Waals surface area contributed by atoms with E-state index in [0.29, 0.717) is 23.9 Å². The summed E-state index contributed by atoms with van der Waals surface area (Å²) in [7, 11) is 0. The molecule has 0 saturated carbocycles. The topological polar surface area (TPSA) is 18.5 Å². The number of hydrogen-bond acceptors (Lipinski definition) is 2. The first kappa shape index (κ1) is 14.1. The molecule has 5 atom stereocenters. The molecule has 0 spiro atoms. The molecule has 104 valence electrons. The highest BCUT2D eigenvalue weighted by atomic mass is 16.7. The molecule has 0 aromatic heterocycles. The summed E-state index contributed by atoms with van der Waals surface area (Å²) in [6, 6.07) is 0. The Morgan fingerprint density at radius 2 is 1.89 bits per heavy atom. The van der Waals surface area contributed by atoms with Gasteiger partial charge in [0.25, 0.3) is 0 Å². The molecule has 1 fully saturated rings. The lowest BCUT2D eigenvalue weighted by Gasteiger charge is -2.46. The van der Waals surface area contributed by atoms with Crippen molar-refractivity contribution in [3.63, 3.8) is 0 Å². The molecule has 2 nitrogen and oxygen atoms in total. The van der Waals surface area contributed by atoms with Crippen molar-refractivity contribution in [1.82, 2.24) is 0 Å². The fraction of sp³-hybridized carbons (Fsp3) is 0.875. The maximum Gasteiger partial charge on any atom is 0.162 e. The Labute approximate surface area is 112 Å². The van der Waals surface area contributed by atoms with Crippen LogP contribution in [0.4, 0.5) is 0 Å². The van der Waals surface area contributed by atoms with Gasteiger partial charge in [-0.2, -0.15) is 0 Å². The summed E-state index contributed by atoms with van der Waals surface area (Å²) in [5, 5.41) is 0. The van der Waals surface area contributed by atoms with Crippen molar-refractivity contribution in [1.29, 1.82) is 0 Å². The zero-order valence-corrected chi connectivity index (χ0v) is 12.7. The van der Waals surface area contributed by atoms with Gasteiger partial charge in [-0.1, -0.05) is 25.5 Å². The van der Waals surface area contributed by atoms with Crippen LogP contribution in [0.15, 0.2) is 11.6 Å². The molecule has 0 N–H and O–H groups in total. The Kier molecular flexibility index (Phi) is 3.89. The molecule has 18 heavy (non-hydrogen) atoms. The van der Waals surface area contributed by atoms with Crippen LogP contribution in [-0.2, 0) is 9.47 Å². The quantitative estimate of drug-likeness (QED) is 0.653. The fourth-order valence-corrected chi connectivity index (χ4v) is 3.84. The summed E-state index contributed by atoms with van der Waals surface area (Å²) in [6.45, 7) is 13.4. The Balaban J connectivity index is 2.15. The van der Waals surface area contributed by atoms with Crippen LogP contribution in [0.5, 0.6) is 0 Å². The van der Waals surface area contributed by atoms with Gasteiger partial charge in [-0.15, -0.1) is 0 Å². The first-order valence-corrected chi connectivity index (χ1v) is 7.29. The van der Waals surface area contributed by atoms with Gasteiger partial charge in [0.05, 0.1) is 11.7 Å². The van der Waals surface area contributed by atoms with E-state index in [2.05, 4.69) is 47.6 Å². The Hall–Kier alpha value is -0.340. The summed E-state index contributed by atoms with van der Waals surface area (Å²) in [4.78, 5) is 0. The highest BCUT2D eigenvalue weighted by molar-refractivity contribution is 5.09. The lowest BCUT2D eigenvalue weighted by atomic mass is 9.74. The molecule has 0 aromatic carbocycles. The van der Waals surface area contributed by atoms with E-state index in [1.54, 1.807) is 0 Å². The molecule has 1 heterocycles. The van der Waals surface area contributed by atoms with E-state index in [-0.39, 0.29) is 11.9 Å². The van der Waals surface area contributed by atoms with Crippen LogP contribution in [-0.4, -0.2) is 18.0 Å². The van der Waals surface area contributed by atoms with Gasteiger partial charge in [-0.3, -0.25) is 0 Å². The normalized spacial score (nSPS) is 44.6. The number of allylic oxidation sites excluding steroid dienone is 2. The van der Waals surface area contributed by atoms with E-state index in [9.17, 15) is 0 Å². The van der Waals surface area contributed by atoms with E-state index in [1.165, 1.54) is 12.0 Å². The average Bonchev–Trinajstić information content (AvgIpc) is 2.11. The fourth-order valence-electron chi connectivity index (χ4n) is 3.84. The largest absolute Gasteiger partial charge is 0.349 e. The van der Waals surface area contributed by atoms with Crippen molar-refractivity contribution in [3.8, 4) is 0 Å². The van der Waals surface area contributed by atoms with E-state index < -0.39 is 0 Å². The third kappa shape index (κ3) is 2.97. The maximum atomic E-state index is 6.21. The monoisotopic (exact) mass is 252 g/mol. The minimum atomic E-state index is -0.0576. The molecule has 0 amide bonds. The van der Waals surface area contributed by atoms with Crippen molar-refractivity contribution in [3.05, 3.63) is 11.6 Å². The van der Waals surface area contributed by atoms with Crippen LogP contribution in [0.1, 0.15) is 54.4 Å². The molecule has 0 radical (unpaired) electrons. The summed E-state index contributed by atoms with van der Waals surface area (Å²) in [5.74, 6) is 1.66. The molecule has 0 unspecified atom stereocenters. The Bertz CT molecular complexity index is 332. The third-order valence-electron chi connectivity index (χ3n) is 4.35. The minimum absolute atomic E-state index is 0.0434. The van der Waals surface area contributed by atoms with E-state index in [1.807, 2.05) is 0 Å². The van der Waals surface area contributed by atoms with Crippen molar-refractivity contribution in [2.75, 3.05) is 0 Å². The zero-order valence-electron chi connectivity index (χ0n) is 12.7. The molecular weight excluding hydrogens is 224 g/mol. The molecule has 2 rings (SSSR count). The molecule has 1 saturated heterocycles. The second kappa shape index (κ2) is 4.97. The summed E-state index contributed by atoms with van der Waals surface area (Å²) < 4.78 is 12.3. The predicted octanol–water partition coefficient (Wildman–Crippen LogP) is 4.15. The smallest absolute Gasteiger partial charge is 0.162 e. The van der Waals surface area contributed by atoms with Gasteiger partial charge in [-0.25, -0.2) is 0 Å². The zero-order chi connectivity index (χ0) is 13.5. The van der Waals surface area contributed by atoms with Crippen LogP contribution in [0.2, 0.25) is 0 Å². The number of hydrogen-bond donors (Lipinski definition) is 0. The Morgan fingerprint density at radius 1 is 1.22 bits per heavy atom. The number of ether oxygens (including phenoxy) is 2. The molecule has 2 heteroatoms. The van der Waals surface area contributed by atoms with Crippen LogP contribution in [0.25, 0.3) is 0 Å². The van der Waals surface area contributed by atoms with Gasteiger partial charge in [0, 0.05) is 12.3 Å². The molecule has 1 aliphatic heterocycles. The summed E-state index contributed by atoms with van der Waals surface area (Å²) >= 11 is 0. The van der Waals surface area contributed by atoms with E-state index in [4.69, 9.17) is 9.47 Å². The third-order valence-corrected chi connectivity index (χ3v) is 4.35. The van der Waals surface area contributed by atoms with Gasteiger partial charge in [-0.05, 0) is 46.0 Å². The lowest BCUT2D eigenvalue weighted by molar-refractivity contribution is -0.296. The van der Waals surface area contributed by atoms with Gasteiger partial charge < -0.3 is 9.47 Å². The lowest BCUT2D eigenvalue weighted by Crippen LogP contribution is -2.49. The Morgan fingerprint density at radius 3 is 2.44 bits per heavy atom. The van der Waals surface area contributed by atoms with Crippen molar-refractivity contribution >= 4 is 0 Å². The van der Waals surface area contributed by atoms with Crippen molar-refractivity contribution < 1.29 is 9.47 Å². The van der Waals surface area contributed by atoms with Crippen molar-refractivity contribution in [2.45, 2.75) is 72.4 Å².